The largest absolute Gasteiger partial charge is 0.573 e. The molecule has 1 atom stereocenters. The Labute approximate surface area is 203 Å². The van der Waals surface area contributed by atoms with Crippen LogP contribution < -0.4 is 20.7 Å². The molecule has 0 fully saturated rings. The first-order valence-electron chi connectivity index (χ1n) is 10.3. The van der Waals surface area contributed by atoms with Gasteiger partial charge in [0, 0.05) is 4.88 Å². The molecule has 0 saturated carbocycles. The van der Waals surface area contributed by atoms with Crippen LogP contribution in [-0.4, -0.2) is 33.5 Å². The third-order valence-electron chi connectivity index (χ3n) is 5.14. The molecule has 4 aromatic rings. The maximum atomic E-state index is 12.9. The molecule has 36 heavy (non-hydrogen) atoms. The van der Waals surface area contributed by atoms with E-state index in [0.717, 1.165) is 28.0 Å². The highest BCUT2D eigenvalue weighted by Gasteiger charge is 2.31. The van der Waals surface area contributed by atoms with E-state index in [4.69, 9.17) is 4.74 Å². The quantitative estimate of drug-likeness (QED) is 0.328. The summed E-state index contributed by atoms with van der Waals surface area (Å²) < 4.78 is 72.9. The Morgan fingerprint density at radius 2 is 1.56 bits per heavy atom. The third kappa shape index (κ3) is 5.41. The summed E-state index contributed by atoms with van der Waals surface area (Å²) in [5.74, 6) is 0.250. The molecule has 0 saturated heterocycles. The minimum absolute atomic E-state index is 0.150. The maximum Gasteiger partial charge on any atom is 0.573 e. The molecule has 0 aliphatic carbocycles. The van der Waals surface area contributed by atoms with E-state index in [-0.39, 0.29) is 21.7 Å². The predicted octanol–water partition coefficient (Wildman–Crippen LogP) is 5.04. The molecule has 2 aromatic heterocycles. The number of thiophene rings is 1. The van der Waals surface area contributed by atoms with E-state index in [1.165, 1.54) is 12.1 Å². The SMILES string of the molecule is Cc1c(-c2ccc(Oc3ccc(OC(F)(F)F)cc3)cc2)sc2c1c(=O)[nH]c(=O)n2C[C@@H](O)C(F)F. The van der Waals surface area contributed by atoms with Gasteiger partial charge in [-0.25, -0.2) is 13.6 Å². The van der Waals surface area contributed by atoms with E-state index in [2.05, 4.69) is 9.72 Å². The number of aliphatic hydroxyl groups excluding tert-OH is 1. The summed E-state index contributed by atoms with van der Waals surface area (Å²) in [6, 6.07) is 11.4. The van der Waals surface area contributed by atoms with Gasteiger partial charge in [0.25, 0.3) is 12.0 Å². The molecule has 0 spiro atoms. The number of aryl methyl sites for hydroxylation is 1. The zero-order chi connectivity index (χ0) is 26.2. The number of hydrogen-bond donors (Lipinski definition) is 2. The molecule has 0 unspecified atom stereocenters. The normalized spacial score (nSPS) is 12.8. The van der Waals surface area contributed by atoms with Crippen LogP contribution in [0.2, 0.25) is 0 Å². The van der Waals surface area contributed by atoms with Gasteiger partial charge >= 0.3 is 12.1 Å². The van der Waals surface area contributed by atoms with Gasteiger partial charge in [-0.2, -0.15) is 0 Å². The number of nitrogens with one attached hydrogen (secondary N) is 1. The smallest absolute Gasteiger partial charge is 0.457 e. The Balaban J connectivity index is 1.61. The summed E-state index contributed by atoms with van der Waals surface area (Å²) in [5.41, 5.74) is -0.417. The van der Waals surface area contributed by atoms with Crippen molar-refractivity contribution in [1.82, 2.24) is 9.55 Å². The average Bonchev–Trinajstić information content (AvgIpc) is 3.14. The first-order chi connectivity index (χ1) is 16.9. The zero-order valence-electron chi connectivity index (χ0n) is 18.3. The highest BCUT2D eigenvalue weighted by molar-refractivity contribution is 7.22. The maximum absolute atomic E-state index is 12.9. The van der Waals surface area contributed by atoms with Crippen molar-refractivity contribution in [3.05, 3.63) is 74.9 Å². The summed E-state index contributed by atoms with van der Waals surface area (Å²) in [6.45, 7) is 0.958. The summed E-state index contributed by atoms with van der Waals surface area (Å²) in [7, 11) is 0. The Hall–Kier alpha value is -3.71. The highest BCUT2D eigenvalue weighted by atomic mass is 32.1. The molecule has 0 amide bonds. The Morgan fingerprint density at radius 3 is 2.11 bits per heavy atom. The number of aromatic amines is 1. The third-order valence-corrected chi connectivity index (χ3v) is 6.50. The van der Waals surface area contributed by atoms with E-state index in [9.17, 15) is 36.6 Å². The summed E-state index contributed by atoms with van der Waals surface area (Å²) >= 11 is 1.04. The fourth-order valence-electron chi connectivity index (χ4n) is 3.50. The van der Waals surface area contributed by atoms with Crippen molar-refractivity contribution in [2.45, 2.75) is 32.4 Å². The van der Waals surface area contributed by atoms with Crippen LogP contribution in [-0.2, 0) is 6.54 Å². The lowest BCUT2D eigenvalue weighted by atomic mass is 10.1. The van der Waals surface area contributed by atoms with Gasteiger partial charge in [-0.05, 0) is 66.6 Å². The molecule has 2 N–H and O–H groups in total. The topological polar surface area (TPSA) is 93.5 Å². The van der Waals surface area contributed by atoms with E-state index >= 15 is 0 Å². The molecule has 2 heterocycles. The monoisotopic (exact) mass is 528 g/mol. The van der Waals surface area contributed by atoms with Crippen molar-refractivity contribution in [1.29, 1.82) is 0 Å². The lowest BCUT2D eigenvalue weighted by molar-refractivity contribution is -0.274. The number of rotatable bonds is 7. The minimum atomic E-state index is -4.80. The van der Waals surface area contributed by atoms with Crippen LogP contribution in [0.25, 0.3) is 20.7 Å². The second kappa shape index (κ2) is 9.74. The number of nitrogens with zero attached hydrogens (tertiary/aromatic N) is 1. The van der Waals surface area contributed by atoms with E-state index in [0.29, 0.717) is 21.8 Å². The molecule has 0 radical (unpaired) electrons. The van der Waals surface area contributed by atoms with Gasteiger partial charge in [-0.15, -0.1) is 24.5 Å². The second-order valence-electron chi connectivity index (χ2n) is 7.65. The number of fused-ring (bicyclic) bond motifs is 1. The van der Waals surface area contributed by atoms with Gasteiger partial charge in [0.05, 0.1) is 11.9 Å². The number of benzene rings is 2. The number of ether oxygens (including phenoxy) is 2. The van der Waals surface area contributed by atoms with E-state index < -0.39 is 36.7 Å². The van der Waals surface area contributed by atoms with Gasteiger partial charge < -0.3 is 14.6 Å². The summed E-state index contributed by atoms with van der Waals surface area (Å²) in [4.78, 5) is 27.5. The van der Waals surface area contributed by atoms with Crippen LogP contribution in [0.5, 0.6) is 17.2 Å². The van der Waals surface area contributed by atoms with Crippen molar-refractivity contribution in [2.75, 3.05) is 0 Å². The van der Waals surface area contributed by atoms with Crippen molar-refractivity contribution in [2.24, 2.45) is 0 Å². The summed E-state index contributed by atoms with van der Waals surface area (Å²) in [6.07, 6.45) is -9.96. The van der Waals surface area contributed by atoms with Crippen LogP contribution in [0.4, 0.5) is 22.0 Å². The highest BCUT2D eigenvalue weighted by Crippen LogP contribution is 2.37. The Bertz CT molecular complexity index is 1490. The summed E-state index contributed by atoms with van der Waals surface area (Å²) in [5, 5.41) is 9.73. The average molecular weight is 528 g/mol. The number of hydrogen-bond acceptors (Lipinski definition) is 6. The molecule has 7 nitrogen and oxygen atoms in total. The Morgan fingerprint density at radius 1 is 1.00 bits per heavy atom. The fourth-order valence-corrected chi connectivity index (χ4v) is 4.82. The minimum Gasteiger partial charge on any atom is -0.457 e. The van der Waals surface area contributed by atoms with Crippen molar-refractivity contribution in [3.63, 3.8) is 0 Å². The molecular formula is C23H17F5N2O5S. The van der Waals surface area contributed by atoms with Crippen molar-refractivity contribution >= 4 is 21.6 Å². The predicted molar refractivity (Wildman–Crippen MR) is 122 cm³/mol. The molecule has 2 aromatic carbocycles. The van der Waals surface area contributed by atoms with Crippen molar-refractivity contribution in [3.8, 4) is 27.7 Å². The van der Waals surface area contributed by atoms with E-state index in [1.807, 2.05) is 0 Å². The number of halogens is 5. The zero-order valence-corrected chi connectivity index (χ0v) is 19.1. The molecule has 0 bridgehead atoms. The molecular weight excluding hydrogens is 511 g/mol. The molecule has 13 heteroatoms. The first-order valence-corrected chi connectivity index (χ1v) is 11.1. The van der Waals surface area contributed by atoms with Gasteiger partial charge in [-0.3, -0.25) is 14.3 Å². The molecule has 190 valence electrons. The van der Waals surface area contributed by atoms with Crippen molar-refractivity contribution < 1.29 is 36.5 Å². The van der Waals surface area contributed by atoms with Crippen LogP contribution in [0, 0.1) is 6.92 Å². The molecule has 0 aliphatic rings. The number of H-pyrrole nitrogens is 1. The second-order valence-corrected chi connectivity index (χ2v) is 8.65. The van der Waals surface area contributed by atoms with E-state index in [1.54, 1.807) is 31.2 Å². The van der Waals surface area contributed by atoms with Gasteiger partial charge in [0.15, 0.2) is 0 Å². The van der Waals surface area contributed by atoms with Gasteiger partial charge in [0.1, 0.15) is 28.2 Å². The van der Waals surface area contributed by atoms with Crippen LogP contribution in [0.1, 0.15) is 5.56 Å². The standard InChI is InChI=1S/C23H17F5N2O5S/c1-11-17-20(32)29-22(33)30(10-16(31)19(24)25)21(17)36-18(11)12-2-4-13(5-3-12)34-14-6-8-15(9-7-14)35-23(26,27)28/h2-9,16,19,31H,10H2,1H3,(H,29,32,33)/t16-/m1/s1. The van der Waals surface area contributed by atoms with Crippen LogP contribution >= 0.6 is 11.3 Å². The lowest BCUT2D eigenvalue weighted by Crippen LogP contribution is -2.35. The first kappa shape index (κ1) is 25.4. The number of aromatic nitrogens is 2. The number of aliphatic hydroxyl groups is 1. The molecule has 0 aliphatic heterocycles. The van der Waals surface area contributed by atoms with Crippen LogP contribution in [0.15, 0.2) is 58.1 Å². The van der Waals surface area contributed by atoms with Gasteiger partial charge in [-0.1, -0.05) is 0 Å². The Kier molecular flexibility index (Phi) is 6.87. The molecule has 4 rings (SSSR count). The number of alkyl halides is 5. The van der Waals surface area contributed by atoms with Gasteiger partial charge in [0.2, 0.25) is 0 Å². The lowest BCUT2D eigenvalue weighted by Gasteiger charge is -2.11. The fraction of sp³-hybridized carbons (Fsp3) is 0.217. The van der Waals surface area contributed by atoms with Crippen LogP contribution in [0.3, 0.4) is 0 Å².